The van der Waals surface area contributed by atoms with Crippen LogP contribution in [0.15, 0.2) is 12.1 Å². The van der Waals surface area contributed by atoms with Crippen LogP contribution in [-0.2, 0) is 5.54 Å². The second-order valence-corrected chi connectivity index (χ2v) is 4.74. The van der Waals surface area contributed by atoms with Crippen LogP contribution in [0.1, 0.15) is 25.8 Å². The Balaban J connectivity index is 2.59. The average Bonchev–Trinajstić information content (AvgIpc) is 2.50. The molecule has 0 spiro atoms. The Kier molecular flexibility index (Phi) is 3.15. The van der Waals surface area contributed by atoms with Crippen molar-refractivity contribution in [3.05, 3.63) is 17.7 Å². The van der Waals surface area contributed by atoms with E-state index in [1.165, 1.54) is 0 Å². The van der Waals surface area contributed by atoms with Gasteiger partial charge >= 0.3 is 0 Å². The standard InChI is InChI=1S/C13H19NO3/c1-13(2,14)11-9(15-3)5-6-10-12(11)17-8-4-7-16-10/h5-6H,4,7-8,14H2,1-3H3. The van der Waals surface area contributed by atoms with E-state index in [-0.39, 0.29) is 0 Å². The van der Waals surface area contributed by atoms with Crippen molar-refractivity contribution in [2.24, 2.45) is 5.73 Å². The van der Waals surface area contributed by atoms with Crippen LogP contribution in [0.5, 0.6) is 17.2 Å². The highest BCUT2D eigenvalue weighted by Gasteiger charge is 2.28. The van der Waals surface area contributed by atoms with Gasteiger partial charge in [0.1, 0.15) is 5.75 Å². The van der Waals surface area contributed by atoms with Gasteiger partial charge < -0.3 is 19.9 Å². The summed E-state index contributed by atoms with van der Waals surface area (Å²) in [6.07, 6.45) is 0.876. The summed E-state index contributed by atoms with van der Waals surface area (Å²) in [5.41, 5.74) is 6.52. The van der Waals surface area contributed by atoms with Crippen molar-refractivity contribution in [3.63, 3.8) is 0 Å². The van der Waals surface area contributed by atoms with Crippen LogP contribution < -0.4 is 19.9 Å². The molecule has 0 saturated heterocycles. The summed E-state index contributed by atoms with van der Waals surface area (Å²) in [6, 6.07) is 3.74. The van der Waals surface area contributed by atoms with Gasteiger partial charge in [-0.05, 0) is 26.0 Å². The number of rotatable bonds is 2. The lowest BCUT2D eigenvalue weighted by molar-refractivity contribution is 0.293. The van der Waals surface area contributed by atoms with Gasteiger partial charge in [-0.15, -0.1) is 0 Å². The number of benzene rings is 1. The van der Waals surface area contributed by atoms with Crippen LogP contribution in [0.4, 0.5) is 0 Å². The fourth-order valence-electron chi connectivity index (χ4n) is 2.00. The first-order valence-corrected chi connectivity index (χ1v) is 5.80. The normalized spacial score (nSPS) is 15.3. The predicted octanol–water partition coefficient (Wildman–Crippen LogP) is 2.05. The van der Waals surface area contributed by atoms with Crippen molar-refractivity contribution in [3.8, 4) is 17.2 Å². The van der Waals surface area contributed by atoms with Gasteiger partial charge in [-0.1, -0.05) is 0 Å². The number of methoxy groups -OCH3 is 1. The molecule has 4 heteroatoms. The molecule has 1 aliphatic heterocycles. The van der Waals surface area contributed by atoms with Crippen LogP contribution in [0, 0.1) is 0 Å². The number of ether oxygens (including phenoxy) is 3. The fourth-order valence-corrected chi connectivity index (χ4v) is 2.00. The first kappa shape index (κ1) is 12.0. The molecule has 2 rings (SSSR count). The van der Waals surface area contributed by atoms with Crippen LogP contribution in [0.3, 0.4) is 0 Å². The van der Waals surface area contributed by atoms with E-state index in [0.29, 0.717) is 19.0 Å². The topological polar surface area (TPSA) is 53.7 Å². The molecule has 2 N–H and O–H groups in total. The zero-order valence-electron chi connectivity index (χ0n) is 10.6. The molecule has 17 heavy (non-hydrogen) atoms. The second-order valence-electron chi connectivity index (χ2n) is 4.74. The van der Waals surface area contributed by atoms with Crippen molar-refractivity contribution in [1.82, 2.24) is 0 Å². The molecular formula is C13H19NO3. The first-order valence-electron chi connectivity index (χ1n) is 5.80. The monoisotopic (exact) mass is 237 g/mol. The molecule has 1 aromatic rings. The summed E-state index contributed by atoms with van der Waals surface area (Å²) in [5, 5.41) is 0. The Morgan fingerprint density at radius 2 is 1.94 bits per heavy atom. The summed E-state index contributed by atoms with van der Waals surface area (Å²) >= 11 is 0. The van der Waals surface area contributed by atoms with E-state index in [9.17, 15) is 0 Å². The van der Waals surface area contributed by atoms with E-state index >= 15 is 0 Å². The summed E-state index contributed by atoms with van der Waals surface area (Å²) in [7, 11) is 1.63. The second kappa shape index (κ2) is 4.45. The lowest BCUT2D eigenvalue weighted by atomic mass is 9.93. The quantitative estimate of drug-likeness (QED) is 0.855. The van der Waals surface area contributed by atoms with Gasteiger partial charge in [0, 0.05) is 12.0 Å². The molecule has 94 valence electrons. The maximum atomic E-state index is 6.19. The molecule has 0 radical (unpaired) electrons. The number of hydrogen-bond acceptors (Lipinski definition) is 4. The molecule has 0 aromatic heterocycles. The Bertz CT molecular complexity index is 410. The van der Waals surface area contributed by atoms with E-state index in [0.717, 1.165) is 23.5 Å². The third-order valence-electron chi connectivity index (χ3n) is 2.74. The number of fused-ring (bicyclic) bond motifs is 1. The molecule has 0 fully saturated rings. The van der Waals surface area contributed by atoms with Crippen LogP contribution in [0.2, 0.25) is 0 Å². The van der Waals surface area contributed by atoms with E-state index < -0.39 is 5.54 Å². The van der Waals surface area contributed by atoms with Crippen molar-refractivity contribution in [2.45, 2.75) is 25.8 Å². The molecule has 0 atom stereocenters. The van der Waals surface area contributed by atoms with Gasteiger partial charge in [-0.25, -0.2) is 0 Å². The summed E-state index contributed by atoms with van der Waals surface area (Å²) in [5.74, 6) is 2.20. The molecule has 1 aromatic carbocycles. The predicted molar refractivity (Wildman–Crippen MR) is 65.8 cm³/mol. The van der Waals surface area contributed by atoms with Crippen LogP contribution >= 0.6 is 0 Å². The Hall–Kier alpha value is -1.42. The van der Waals surface area contributed by atoms with Crippen molar-refractivity contribution < 1.29 is 14.2 Å². The summed E-state index contributed by atoms with van der Waals surface area (Å²) in [6.45, 7) is 5.17. The van der Waals surface area contributed by atoms with E-state index in [2.05, 4.69) is 0 Å². The van der Waals surface area contributed by atoms with Gasteiger partial charge in [-0.3, -0.25) is 0 Å². The molecule has 1 heterocycles. The molecule has 0 amide bonds. The van der Waals surface area contributed by atoms with Gasteiger partial charge in [0.25, 0.3) is 0 Å². The van der Waals surface area contributed by atoms with Gasteiger partial charge in [0.2, 0.25) is 0 Å². The average molecular weight is 237 g/mol. The maximum Gasteiger partial charge on any atom is 0.169 e. The van der Waals surface area contributed by atoms with Gasteiger partial charge in [0.15, 0.2) is 11.5 Å². The minimum atomic E-state index is -0.537. The van der Waals surface area contributed by atoms with Crippen molar-refractivity contribution in [1.29, 1.82) is 0 Å². The zero-order chi connectivity index (χ0) is 12.5. The molecule has 0 aliphatic carbocycles. The molecular weight excluding hydrogens is 218 g/mol. The van der Waals surface area contributed by atoms with Gasteiger partial charge in [0.05, 0.1) is 25.9 Å². The van der Waals surface area contributed by atoms with E-state index in [1.54, 1.807) is 7.11 Å². The van der Waals surface area contributed by atoms with E-state index in [4.69, 9.17) is 19.9 Å². The van der Waals surface area contributed by atoms with Crippen molar-refractivity contribution in [2.75, 3.05) is 20.3 Å². The van der Waals surface area contributed by atoms with Crippen LogP contribution in [0.25, 0.3) is 0 Å². The minimum absolute atomic E-state index is 0.537. The summed E-state index contributed by atoms with van der Waals surface area (Å²) in [4.78, 5) is 0. The number of nitrogens with two attached hydrogens (primary N) is 1. The smallest absolute Gasteiger partial charge is 0.169 e. The third-order valence-corrected chi connectivity index (χ3v) is 2.74. The molecule has 0 saturated carbocycles. The van der Waals surface area contributed by atoms with E-state index in [1.807, 2.05) is 26.0 Å². The Labute approximate surface area is 102 Å². The lowest BCUT2D eigenvalue weighted by Crippen LogP contribution is -2.30. The van der Waals surface area contributed by atoms with Crippen LogP contribution in [-0.4, -0.2) is 20.3 Å². The molecule has 0 unspecified atom stereocenters. The molecule has 0 bridgehead atoms. The fraction of sp³-hybridized carbons (Fsp3) is 0.538. The highest BCUT2D eigenvalue weighted by Crippen LogP contribution is 2.43. The number of hydrogen-bond donors (Lipinski definition) is 1. The highest BCUT2D eigenvalue weighted by atomic mass is 16.5. The maximum absolute atomic E-state index is 6.19. The third kappa shape index (κ3) is 2.31. The SMILES string of the molecule is COc1ccc2c(c1C(C)(C)N)OCCCO2. The summed E-state index contributed by atoms with van der Waals surface area (Å²) < 4.78 is 16.8. The Morgan fingerprint density at radius 3 is 2.59 bits per heavy atom. The highest BCUT2D eigenvalue weighted by molar-refractivity contribution is 5.57. The van der Waals surface area contributed by atoms with Crippen molar-refractivity contribution >= 4 is 0 Å². The first-order chi connectivity index (χ1) is 8.04. The minimum Gasteiger partial charge on any atom is -0.496 e. The largest absolute Gasteiger partial charge is 0.496 e. The zero-order valence-corrected chi connectivity index (χ0v) is 10.6. The molecule has 1 aliphatic rings. The lowest BCUT2D eigenvalue weighted by Gasteiger charge is -2.25. The van der Waals surface area contributed by atoms with Gasteiger partial charge in [-0.2, -0.15) is 0 Å². The molecule has 4 nitrogen and oxygen atoms in total. The Morgan fingerprint density at radius 1 is 1.24 bits per heavy atom.